The largest absolute Gasteiger partial charge is 0.466 e. The zero-order chi connectivity index (χ0) is 16.4. The summed E-state index contributed by atoms with van der Waals surface area (Å²) in [5.41, 5.74) is 1.48. The molecule has 3 rings (SSSR count). The molecular weight excluding hydrogens is 294 g/mol. The van der Waals surface area contributed by atoms with Crippen molar-refractivity contribution < 1.29 is 9.53 Å². The number of rotatable bonds is 5. The van der Waals surface area contributed by atoms with Gasteiger partial charge in [-0.1, -0.05) is 12.8 Å². The van der Waals surface area contributed by atoms with Gasteiger partial charge in [0, 0.05) is 17.8 Å². The zero-order valence-electron chi connectivity index (χ0n) is 13.9. The molecule has 0 amide bonds. The molecule has 0 saturated heterocycles. The molecule has 0 radical (unpaired) electrons. The topological polar surface area (TPSA) is 81.4 Å². The molecule has 0 unspecified atom stereocenters. The summed E-state index contributed by atoms with van der Waals surface area (Å²) in [6, 6.07) is 0. The number of nitrogens with one attached hydrogen (secondary N) is 1. The van der Waals surface area contributed by atoms with Crippen molar-refractivity contribution in [3.05, 3.63) is 17.6 Å². The summed E-state index contributed by atoms with van der Waals surface area (Å²) < 4.78 is 7.01. The van der Waals surface area contributed by atoms with Crippen LogP contribution in [0.5, 0.6) is 0 Å². The number of carbonyl (C=O) groups excluding carboxylic acids is 1. The van der Waals surface area contributed by atoms with Crippen molar-refractivity contribution in [1.29, 1.82) is 0 Å². The van der Waals surface area contributed by atoms with E-state index in [0.29, 0.717) is 18.9 Å². The first-order valence-electron chi connectivity index (χ1n) is 8.15. The van der Waals surface area contributed by atoms with Crippen molar-refractivity contribution in [3.63, 3.8) is 0 Å². The van der Waals surface area contributed by atoms with Crippen LogP contribution in [0.2, 0.25) is 0 Å². The molecule has 0 atom stereocenters. The minimum absolute atomic E-state index is 0.0942. The van der Waals surface area contributed by atoms with Gasteiger partial charge in [0.25, 0.3) is 5.78 Å². The summed E-state index contributed by atoms with van der Waals surface area (Å²) in [6.45, 7) is 6.76. The lowest BCUT2D eigenvalue weighted by atomic mass is 9.86. The molecule has 2 aromatic rings. The number of nitrogens with zero attached hydrogens (tertiary/aromatic N) is 4. The summed E-state index contributed by atoms with van der Waals surface area (Å²) in [7, 11) is 0. The van der Waals surface area contributed by atoms with Gasteiger partial charge in [0.15, 0.2) is 0 Å². The van der Waals surface area contributed by atoms with Gasteiger partial charge in [-0.05, 0) is 33.6 Å². The first kappa shape index (κ1) is 15.7. The van der Waals surface area contributed by atoms with Crippen LogP contribution in [0.15, 0.2) is 6.33 Å². The normalized spacial score (nSPS) is 16.7. The standard InChI is InChI=1S/C16H23N5O2/c1-4-23-14(22)16(7-5-6-8-16)9-17-13-11(2)12(3)20-15-18-10-19-21(13)15/h10,17H,4-9H2,1-3H3. The highest BCUT2D eigenvalue weighted by Crippen LogP contribution is 2.39. The Labute approximate surface area is 135 Å². The number of carbonyl (C=O) groups is 1. The van der Waals surface area contributed by atoms with Crippen LogP contribution in [0.4, 0.5) is 5.82 Å². The molecule has 0 aromatic carbocycles. The highest BCUT2D eigenvalue weighted by Gasteiger charge is 2.42. The third-order valence-corrected chi connectivity index (χ3v) is 4.77. The number of aromatic nitrogens is 4. The first-order chi connectivity index (χ1) is 11.1. The van der Waals surface area contributed by atoms with E-state index in [1.54, 1.807) is 4.52 Å². The maximum absolute atomic E-state index is 12.4. The van der Waals surface area contributed by atoms with Gasteiger partial charge in [-0.15, -0.1) is 0 Å². The van der Waals surface area contributed by atoms with Crippen LogP contribution in [0, 0.1) is 19.3 Å². The van der Waals surface area contributed by atoms with Gasteiger partial charge in [0.2, 0.25) is 0 Å². The summed E-state index contributed by atoms with van der Waals surface area (Å²) in [6.07, 6.45) is 5.34. The molecule has 2 aromatic heterocycles. The van der Waals surface area contributed by atoms with E-state index in [1.807, 2.05) is 20.8 Å². The van der Waals surface area contributed by atoms with E-state index in [-0.39, 0.29) is 5.97 Å². The van der Waals surface area contributed by atoms with Crippen molar-refractivity contribution >= 4 is 17.6 Å². The van der Waals surface area contributed by atoms with E-state index in [0.717, 1.165) is 42.8 Å². The van der Waals surface area contributed by atoms with E-state index in [1.165, 1.54) is 6.33 Å². The fraction of sp³-hybridized carbons (Fsp3) is 0.625. The number of hydrogen-bond donors (Lipinski definition) is 1. The molecule has 124 valence electrons. The number of hydrogen-bond acceptors (Lipinski definition) is 6. The predicted molar refractivity (Wildman–Crippen MR) is 86.3 cm³/mol. The lowest BCUT2D eigenvalue weighted by molar-refractivity contribution is -0.154. The van der Waals surface area contributed by atoms with Crippen molar-refractivity contribution in [3.8, 4) is 0 Å². The molecule has 1 aliphatic carbocycles. The summed E-state index contributed by atoms with van der Waals surface area (Å²) in [4.78, 5) is 21.0. The minimum Gasteiger partial charge on any atom is -0.466 e. The molecule has 0 bridgehead atoms. The summed E-state index contributed by atoms with van der Waals surface area (Å²) in [5.74, 6) is 1.32. The highest BCUT2D eigenvalue weighted by molar-refractivity contribution is 5.78. The summed E-state index contributed by atoms with van der Waals surface area (Å²) >= 11 is 0. The molecule has 7 heteroatoms. The molecule has 23 heavy (non-hydrogen) atoms. The fourth-order valence-corrected chi connectivity index (χ4v) is 3.28. The van der Waals surface area contributed by atoms with Crippen molar-refractivity contribution in [2.45, 2.75) is 46.5 Å². The van der Waals surface area contributed by atoms with Crippen LogP contribution in [-0.2, 0) is 9.53 Å². The van der Waals surface area contributed by atoms with E-state index in [9.17, 15) is 4.79 Å². The highest BCUT2D eigenvalue weighted by atomic mass is 16.5. The van der Waals surface area contributed by atoms with E-state index in [4.69, 9.17) is 4.74 Å². The van der Waals surface area contributed by atoms with Crippen LogP contribution in [0.3, 0.4) is 0 Å². The second kappa shape index (κ2) is 6.14. The second-order valence-corrected chi connectivity index (χ2v) is 6.20. The van der Waals surface area contributed by atoms with Crippen molar-refractivity contribution in [2.75, 3.05) is 18.5 Å². The SMILES string of the molecule is CCOC(=O)C1(CNc2c(C)c(C)nc3ncnn23)CCCC1. The number of aryl methyl sites for hydroxylation is 1. The van der Waals surface area contributed by atoms with Gasteiger partial charge in [0.05, 0.1) is 12.0 Å². The monoisotopic (exact) mass is 317 g/mol. The maximum atomic E-state index is 12.4. The Kier molecular flexibility index (Phi) is 4.19. The first-order valence-corrected chi connectivity index (χ1v) is 8.15. The zero-order valence-corrected chi connectivity index (χ0v) is 13.9. The Bertz CT molecular complexity index is 719. The average molecular weight is 317 g/mol. The number of esters is 1. The van der Waals surface area contributed by atoms with Gasteiger partial charge >= 0.3 is 5.97 Å². The third kappa shape index (κ3) is 2.75. The lowest BCUT2D eigenvalue weighted by Gasteiger charge is -2.27. The molecule has 1 N–H and O–H groups in total. The number of fused-ring (bicyclic) bond motifs is 1. The Morgan fingerprint density at radius 2 is 2.13 bits per heavy atom. The van der Waals surface area contributed by atoms with Crippen LogP contribution >= 0.6 is 0 Å². The van der Waals surface area contributed by atoms with Crippen LogP contribution < -0.4 is 5.32 Å². The molecule has 7 nitrogen and oxygen atoms in total. The third-order valence-electron chi connectivity index (χ3n) is 4.77. The molecular formula is C16H23N5O2. The van der Waals surface area contributed by atoms with Gasteiger partial charge in [0.1, 0.15) is 12.1 Å². The van der Waals surface area contributed by atoms with Gasteiger partial charge in [-0.25, -0.2) is 4.98 Å². The van der Waals surface area contributed by atoms with Gasteiger partial charge in [-0.3, -0.25) is 4.79 Å². The second-order valence-electron chi connectivity index (χ2n) is 6.20. The Morgan fingerprint density at radius 1 is 1.39 bits per heavy atom. The maximum Gasteiger partial charge on any atom is 0.313 e. The number of anilines is 1. The van der Waals surface area contributed by atoms with Gasteiger partial charge in [-0.2, -0.15) is 14.6 Å². The smallest absolute Gasteiger partial charge is 0.313 e. The van der Waals surface area contributed by atoms with E-state index < -0.39 is 5.41 Å². The van der Waals surface area contributed by atoms with E-state index in [2.05, 4.69) is 20.4 Å². The quantitative estimate of drug-likeness (QED) is 0.852. The minimum atomic E-state index is -0.438. The van der Waals surface area contributed by atoms with Crippen LogP contribution in [0.25, 0.3) is 5.78 Å². The summed E-state index contributed by atoms with van der Waals surface area (Å²) in [5, 5.41) is 7.66. The molecule has 0 aliphatic heterocycles. The van der Waals surface area contributed by atoms with Crippen LogP contribution in [0.1, 0.15) is 43.9 Å². The Hall–Kier alpha value is -2.18. The average Bonchev–Trinajstić information content (AvgIpc) is 3.18. The Morgan fingerprint density at radius 3 is 2.83 bits per heavy atom. The number of ether oxygens (including phenoxy) is 1. The molecule has 1 fully saturated rings. The molecule has 2 heterocycles. The fourth-order valence-electron chi connectivity index (χ4n) is 3.28. The van der Waals surface area contributed by atoms with Crippen LogP contribution in [-0.4, -0.2) is 38.7 Å². The van der Waals surface area contributed by atoms with Crippen molar-refractivity contribution in [2.24, 2.45) is 5.41 Å². The Balaban J connectivity index is 1.88. The van der Waals surface area contributed by atoms with E-state index >= 15 is 0 Å². The lowest BCUT2D eigenvalue weighted by Crippen LogP contribution is -2.37. The predicted octanol–water partition coefficient (Wildman–Crippen LogP) is 2.28. The molecule has 0 spiro atoms. The van der Waals surface area contributed by atoms with Gasteiger partial charge < -0.3 is 10.1 Å². The molecule has 1 saturated carbocycles. The van der Waals surface area contributed by atoms with Crippen molar-refractivity contribution in [1.82, 2.24) is 19.6 Å². The molecule has 1 aliphatic rings.